The number of anilines is 2. The van der Waals surface area contributed by atoms with Crippen LogP contribution in [0.4, 0.5) is 11.4 Å². The van der Waals surface area contributed by atoms with E-state index in [0.29, 0.717) is 28.3 Å². The van der Waals surface area contributed by atoms with E-state index < -0.39 is 5.97 Å². The lowest BCUT2D eigenvalue weighted by Gasteiger charge is -2.12. The van der Waals surface area contributed by atoms with Gasteiger partial charge < -0.3 is 20.1 Å². The van der Waals surface area contributed by atoms with Gasteiger partial charge in [-0.15, -0.1) is 0 Å². The first kappa shape index (κ1) is 21.6. The van der Waals surface area contributed by atoms with Crippen LogP contribution in [0.3, 0.4) is 0 Å². The van der Waals surface area contributed by atoms with Gasteiger partial charge in [-0.3, -0.25) is 14.4 Å². The Balaban J connectivity index is 2.26. The predicted octanol–water partition coefficient (Wildman–Crippen LogP) is 3.17. The molecule has 2 rings (SSSR count). The van der Waals surface area contributed by atoms with Gasteiger partial charge in [0.1, 0.15) is 12.4 Å². The third kappa shape index (κ3) is 6.17. The summed E-state index contributed by atoms with van der Waals surface area (Å²) in [6.45, 7) is 3.98. The van der Waals surface area contributed by atoms with Gasteiger partial charge in [0.2, 0.25) is 11.8 Å². The van der Waals surface area contributed by atoms with Crippen LogP contribution in [-0.4, -0.2) is 30.7 Å². The van der Waals surface area contributed by atoms with Crippen LogP contribution in [-0.2, 0) is 20.9 Å². The Morgan fingerprint density at radius 1 is 0.828 bits per heavy atom. The molecule has 29 heavy (non-hydrogen) atoms. The molecule has 2 amide bonds. The van der Waals surface area contributed by atoms with Crippen molar-refractivity contribution in [2.45, 2.75) is 27.4 Å². The Hall–Kier alpha value is -3.68. The van der Waals surface area contributed by atoms with Crippen molar-refractivity contribution in [3.8, 4) is 5.75 Å². The molecule has 0 unspecified atom stereocenters. The maximum Gasteiger partial charge on any atom is 0.338 e. The third-order valence-electron chi connectivity index (χ3n) is 3.86. The molecule has 2 N–H and O–H groups in total. The lowest BCUT2D eigenvalue weighted by Crippen LogP contribution is -2.12. The number of ether oxygens (including phenoxy) is 2. The molecule has 0 heterocycles. The zero-order chi connectivity index (χ0) is 21.6. The summed E-state index contributed by atoms with van der Waals surface area (Å²) >= 11 is 0. The van der Waals surface area contributed by atoms with Gasteiger partial charge in [0.15, 0.2) is 5.78 Å². The van der Waals surface area contributed by atoms with Gasteiger partial charge in [-0.25, -0.2) is 4.79 Å². The van der Waals surface area contributed by atoms with Gasteiger partial charge in [-0.2, -0.15) is 0 Å². The molecule has 2 aromatic rings. The largest absolute Gasteiger partial charge is 0.496 e. The lowest BCUT2D eigenvalue weighted by molar-refractivity contribution is -0.115. The normalized spacial score (nSPS) is 10.1. The fraction of sp³-hybridized carbons (Fsp3) is 0.238. The van der Waals surface area contributed by atoms with E-state index in [1.54, 1.807) is 18.2 Å². The summed E-state index contributed by atoms with van der Waals surface area (Å²) in [5, 5.41) is 5.14. The second-order valence-corrected chi connectivity index (χ2v) is 6.32. The molecule has 8 heteroatoms. The summed E-state index contributed by atoms with van der Waals surface area (Å²) in [4.78, 5) is 46.8. The van der Waals surface area contributed by atoms with E-state index in [-0.39, 0.29) is 29.8 Å². The number of ketones is 1. The highest BCUT2D eigenvalue weighted by atomic mass is 16.5. The van der Waals surface area contributed by atoms with Crippen molar-refractivity contribution in [2.24, 2.45) is 0 Å². The second kappa shape index (κ2) is 9.50. The molecule has 0 aliphatic carbocycles. The molecule has 0 fully saturated rings. The number of hydrogen-bond donors (Lipinski definition) is 2. The fourth-order valence-electron chi connectivity index (χ4n) is 2.63. The van der Waals surface area contributed by atoms with E-state index in [4.69, 9.17) is 9.47 Å². The van der Waals surface area contributed by atoms with Crippen molar-refractivity contribution in [1.29, 1.82) is 0 Å². The molecule has 0 radical (unpaired) electrons. The topological polar surface area (TPSA) is 111 Å². The van der Waals surface area contributed by atoms with Crippen LogP contribution in [0, 0.1) is 0 Å². The lowest BCUT2D eigenvalue weighted by atomic mass is 10.1. The smallest absolute Gasteiger partial charge is 0.338 e. The van der Waals surface area contributed by atoms with Gasteiger partial charge in [0, 0.05) is 36.3 Å². The minimum Gasteiger partial charge on any atom is -0.496 e. The Morgan fingerprint density at radius 3 is 1.90 bits per heavy atom. The quantitative estimate of drug-likeness (QED) is 0.547. The van der Waals surface area contributed by atoms with Crippen LogP contribution in [0.15, 0.2) is 36.4 Å². The molecule has 8 nitrogen and oxygen atoms in total. The number of amides is 2. The van der Waals surface area contributed by atoms with E-state index in [9.17, 15) is 19.2 Å². The number of hydrogen-bond acceptors (Lipinski definition) is 6. The van der Waals surface area contributed by atoms with Crippen LogP contribution in [0.2, 0.25) is 0 Å². The van der Waals surface area contributed by atoms with Crippen LogP contribution in [0.5, 0.6) is 5.75 Å². The van der Waals surface area contributed by atoms with Gasteiger partial charge in [-0.05, 0) is 43.3 Å². The minimum atomic E-state index is -0.668. The molecule has 0 atom stereocenters. The molecule has 0 saturated heterocycles. The maximum absolute atomic E-state index is 12.6. The highest BCUT2D eigenvalue weighted by molar-refractivity contribution is 5.98. The average Bonchev–Trinajstić information content (AvgIpc) is 2.64. The summed E-state index contributed by atoms with van der Waals surface area (Å²) in [5.41, 5.74) is 1.83. The SMILES string of the molecule is COc1ccc(C(C)=O)cc1COC(=O)c1cc(NC(C)=O)cc(NC(C)=O)c1. The first-order valence-electron chi connectivity index (χ1n) is 8.75. The Bertz CT molecular complexity index is 933. The first-order chi connectivity index (χ1) is 13.7. The summed E-state index contributed by atoms with van der Waals surface area (Å²) in [7, 11) is 1.48. The summed E-state index contributed by atoms with van der Waals surface area (Å²) < 4.78 is 10.6. The number of carbonyl (C=O) groups excluding carboxylic acids is 4. The standard InChI is InChI=1S/C21H22N2O6/c1-12(24)15-5-6-20(28-4)17(7-15)11-29-21(27)16-8-18(22-13(2)25)10-19(9-16)23-14(3)26/h5-10H,11H2,1-4H3,(H,22,25)(H,23,26). The van der Waals surface area contributed by atoms with Gasteiger partial charge in [0.05, 0.1) is 12.7 Å². The number of nitrogens with one attached hydrogen (secondary N) is 2. The predicted molar refractivity (Wildman–Crippen MR) is 107 cm³/mol. The summed E-state index contributed by atoms with van der Waals surface area (Å²) in [5.74, 6) is -0.957. The molecule has 0 spiro atoms. The molecule has 0 aromatic heterocycles. The Morgan fingerprint density at radius 2 is 1.41 bits per heavy atom. The maximum atomic E-state index is 12.6. The van der Waals surface area contributed by atoms with Crippen LogP contribution in [0.25, 0.3) is 0 Å². The Kier molecular flexibility index (Phi) is 7.08. The number of rotatable bonds is 7. The van der Waals surface area contributed by atoms with E-state index in [2.05, 4.69) is 10.6 Å². The van der Waals surface area contributed by atoms with Crippen LogP contribution in [0.1, 0.15) is 47.1 Å². The van der Waals surface area contributed by atoms with Crippen molar-refractivity contribution in [1.82, 2.24) is 0 Å². The Labute approximate surface area is 168 Å². The fourth-order valence-corrected chi connectivity index (χ4v) is 2.63. The minimum absolute atomic E-state index is 0.122. The average molecular weight is 398 g/mol. The number of Topliss-reactive ketones (excluding diaryl/α,β-unsaturated/α-hetero) is 1. The molecule has 2 aromatic carbocycles. The summed E-state index contributed by atoms with van der Waals surface area (Å²) in [6.07, 6.45) is 0. The van der Waals surface area contributed by atoms with Crippen molar-refractivity contribution < 1.29 is 28.7 Å². The molecular weight excluding hydrogens is 376 g/mol. The number of methoxy groups -OCH3 is 1. The summed E-state index contributed by atoms with van der Waals surface area (Å²) in [6, 6.07) is 9.27. The van der Waals surface area contributed by atoms with Crippen LogP contribution >= 0.6 is 0 Å². The zero-order valence-electron chi connectivity index (χ0n) is 16.6. The van der Waals surface area contributed by atoms with Gasteiger partial charge in [-0.1, -0.05) is 0 Å². The molecule has 152 valence electrons. The highest BCUT2D eigenvalue weighted by Gasteiger charge is 2.14. The van der Waals surface area contributed by atoms with Gasteiger partial charge in [0.25, 0.3) is 0 Å². The van der Waals surface area contributed by atoms with E-state index in [0.717, 1.165) is 0 Å². The second-order valence-electron chi connectivity index (χ2n) is 6.32. The van der Waals surface area contributed by atoms with Crippen molar-refractivity contribution in [3.05, 3.63) is 53.1 Å². The molecular formula is C21H22N2O6. The molecule has 0 saturated carbocycles. The third-order valence-corrected chi connectivity index (χ3v) is 3.86. The zero-order valence-corrected chi connectivity index (χ0v) is 16.6. The van der Waals surface area contributed by atoms with Crippen molar-refractivity contribution in [3.63, 3.8) is 0 Å². The molecule has 0 aliphatic heterocycles. The highest BCUT2D eigenvalue weighted by Crippen LogP contribution is 2.23. The van der Waals surface area contributed by atoms with E-state index >= 15 is 0 Å². The van der Waals surface area contributed by atoms with Crippen molar-refractivity contribution >= 4 is 34.9 Å². The van der Waals surface area contributed by atoms with E-state index in [1.807, 2.05) is 0 Å². The molecule has 0 bridgehead atoms. The monoisotopic (exact) mass is 398 g/mol. The van der Waals surface area contributed by atoms with Gasteiger partial charge >= 0.3 is 5.97 Å². The van der Waals surface area contributed by atoms with E-state index in [1.165, 1.54) is 46.1 Å². The molecule has 0 aliphatic rings. The number of esters is 1. The number of carbonyl (C=O) groups is 4. The van der Waals surface area contributed by atoms with Crippen molar-refractivity contribution in [2.75, 3.05) is 17.7 Å². The van der Waals surface area contributed by atoms with Crippen LogP contribution < -0.4 is 15.4 Å². The first-order valence-corrected chi connectivity index (χ1v) is 8.75. The number of benzene rings is 2.